The minimum absolute atomic E-state index is 0.256. The fourth-order valence-electron chi connectivity index (χ4n) is 0.883. The van der Waals surface area contributed by atoms with Gasteiger partial charge in [0, 0.05) is 11.9 Å². The van der Waals surface area contributed by atoms with E-state index in [9.17, 15) is 3.89 Å². The number of aromatic nitrogens is 1. The fourth-order valence-corrected chi connectivity index (χ4v) is 1.24. The van der Waals surface area contributed by atoms with E-state index in [1.807, 2.05) is 20.8 Å². The monoisotopic (exact) mass is 171 g/mol. The SMILES string of the molecule is Cc1ncc(SF)c(C)c1C. The first-order chi connectivity index (χ1) is 5.16. The Balaban J connectivity index is 3.25. The maximum atomic E-state index is 12.2. The van der Waals surface area contributed by atoms with Gasteiger partial charge in [0.1, 0.15) is 0 Å². The molecule has 0 radical (unpaired) electrons. The predicted octanol–water partition coefficient (Wildman–Crippen LogP) is 2.98. The number of halogens is 1. The number of rotatable bonds is 1. The van der Waals surface area contributed by atoms with Crippen LogP contribution in [0.4, 0.5) is 3.89 Å². The van der Waals surface area contributed by atoms with Gasteiger partial charge >= 0.3 is 0 Å². The molecule has 0 aliphatic rings. The standard InChI is InChI=1S/C8H10FNS/c1-5-6(2)8(11-9)4-10-7(5)3/h4H,1-3H3. The predicted molar refractivity (Wildman–Crippen MR) is 45.4 cm³/mol. The van der Waals surface area contributed by atoms with Crippen molar-refractivity contribution in [3.63, 3.8) is 0 Å². The molecule has 1 nitrogen and oxygen atoms in total. The fraction of sp³-hybridized carbons (Fsp3) is 0.375. The van der Waals surface area contributed by atoms with Crippen molar-refractivity contribution < 1.29 is 3.89 Å². The van der Waals surface area contributed by atoms with Crippen molar-refractivity contribution >= 4 is 12.1 Å². The van der Waals surface area contributed by atoms with E-state index in [0.717, 1.165) is 16.8 Å². The molecule has 0 amide bonds. The van der Waals surface area contributed by atoms with Crippen LogP contribution >= 0.6 is 12.1 Å². The van der Waals surface area contributed by atoms with Crippen LogP contribution in [0.25, 0.3) is 0 Å². The molecule has 0 spiro atoms. The average Bonchev–Trinajstić information content (AvgIpc) is 2.01. The van der Waals surface area contributed by atoms with Gasteiger partial charge in [-0.3, -0.25) is 4.98 Å². The Morgan fingerprint density at radius 1 is 1.27 bits per heavy atom. The second-order valence-electron chi connectivity index (χ2n) is 2.54. The number of pyridine rings is 1. The molecule has 1 rings (SSSR count). The van der Waals surface area contributed by atoms with Gasteiger partial charge in [-0.25, -0.2) is 0 Å². The van der Waals surface area contributed by atoms with Crippen LogP contribution < -0.4 is 0 Å². The Kier molecular flexibility index (Phi) is 2.49. The van der Waals surface area contributed by atoms with Crippen molar-refractivity contribution in [1.29, 1.82) is 0 Å². The van der Waals surface area contributed by atoms with Gasteiger partial charge < -0.3 is 0 Å². The van der Waals surface area contributed by atoms with E-state index >= 15 is 0 Å². The average molecular weight is 171 g/mol. The summed E-state index contributed by atoms with van der Waals surface area (Å²) >= 11 is 0.256. The maximum Gasteiger partial charge on any atom is 0.0831 e. The molecule has 0 atom stereocenters. The molecular formula is C8H10FNS. The highest BCUT2D eigenvalue weighted by Gasteiger charge is 2.04. The smallest absolute Gasteiger partial charge is 0.0831 e. The summed E-state index contributed by atoms with van der Waals surface area (Å²) in [7, 11) is 0. The van der Waals surface area contributed by atoms with E-state index in [2.05, 4.69) is 4.98 Å². The Bertz CT molecular complexity index is 273. The zero-order valence-electron chi connectivity index (χ0n) is 6.81. The van der Waals surface area contributed by atoms with Crippen molar-refractivity contribution in [3.05, 3.63) is 23.0 Å². The number of hydrogen-bond acceptors (Lipinski definition) is 2. The van der Waals surface area contributed by atoms with Gasteiger partial charge in [0.05, 0.1) is 17.0 Å². The van der Waals surface area contributed by atoms with Crippen molar-refractivity contribution in [2.75, 3.05) is 0 Å². The van der Waals surface area contributed by atoms with E-state index in [1.54, 1.807) is 6.20 Å². The second-order valence-corrected chi connectivity index (χ2v) is 3.13. The molecule has 0 aliphatic carbocycles. The van der Waals surface area contributed by atoms with Gasteiger partial charge in [-0.2, -0.15) is 3.89 Å². The number of nitrogens with zero attached hydrogens (tertiary/aromatic N) is 1. The molecule has 0 aliphatic heterocycles. The van der Waals surface area contributed by atoms with Gasteiger partial charge in [-0.05, 0) is 31.9 Å². The van der Waals surface area contributed by atoms with E-state index in [1.165, 1.54) is 0 Å². The van der Waals surface area contributed by atoms with Gasteiger partial charge in [0.25, 0.3) is 0 Å². The summed E-state index contributed by atoms with van der Waals surface area (Å²) in [5.41, 5.74) is 3.04. The van der Waals surface area contributed by atoms with E-state index in [4.69, 9.17) is 0 Å². The quantitative estimate of drug-likeness (QED) is 0.644. The van der Waals surface area contributed by atoms with Crippen LogP contribution in [-0.4, -0.2) is 4.98 Å². The third kappa shape index (κ3) is 1.53. The number of hydrogen-bond donors (Lipinski definition) is 0. The van der Waals surface area contributed by atoms with E-state index in [0.29, 0.717) is 4.90 Å². The molecule has 1 aromatic rings. The van der Waals surface area contributed by atoms with E-state index in [-0.39, 0.29) is 12.1 Å². The van der Waals surface area contributed by atoms with Crippen LogP contribution in [0.1, 0.15) is 16.8 Å². The lowest BCUT2D eigenvalue weighted by atomic mass is 10.1. The van der Waals surface area contributed by atoms with Crippen LogP contribution in [-0.2, 0) is 0 Å². The van der Waals surface area contributed by atoms with Crippen LogP contribution in [0, 0.1) is 20.8 Å². The molecule has 0 fully saturated rings. The molecule has 1 heterocycles. The highest BCUT2D eigenvalue weighted by Crippen LogP contribution is 2.25. The van der Waals surface area contributed by atoms with Crippen LogP contribution in [0.15, 0.2) is 11.1 Å². The van der Waals surface area contributed by atoms with Crippen LogP contribution in [0.2, 0.25) is 0 Å². The summed E-state index contributed by atoms with van der Waals surface area (Å²) in [6.07, 6.45) is 1.57. The number of aryl methyl sites for hydroxylation is 1. The largest absolute Gasteiger partial charge is 0.260 e. The van der Waals surface area contributed by atoms with E-state index < -0.39 is 0 Å². The highest BCUT2D eigenvalue weighted by atomic mass is 32.2. The van der Waals surface area contributed by atoms with Gasteiger partial charge in [0.15, 0.2) is 0 Å². The zero-order valence-corrected chi connectivity index (χ0v) is 7.63. The molecule has 0 saturated carbocycles. The molecule has 1 aromatic heterocycles. The van der Waals surface area contributed by atoms with Gasteiger partial charge in [0.2, 0.25) is 0 Å². The third-order valence-electron chi connectivity index (χ3n) is 1.93. The Labute approximate surface area is 70.3 Å². The zero-order chi connectivity index (χ0) is 8.43. The molecule has 60 valence electrons. The van der Waals surface area contributed by atoms with Gasteiger partial charge in [-0.15, -0.1) is 0 Å². The first kappa shape index (κ1) is 8.53. The molecule has 0 aromatic carbocycles. The van der Waals surface area contributed by atoms with Crippen molar-refractivity contribution in [2.45, 2.75) is 25.7 Å². The van der Waals surface area contributed by atoms with Crippen LogP contribution in [0.3, 0.4) is 0 Å². The van der Waals surface area contributed by atoms with Crippen LogP contribution in [0.5, 0.6) is 0 Å². The lowest BCUT2D eigenvalue weighted by molar-refractivity contribution is 0.924. The highest BCUT2D eigenvalue weighted by molar-refractivity contribution is 7.94. The lowest BCUT2D eigenvalue weighted by Gasteiger charge is -2.05. The van der Waals surface area contributed by atoms with Crippen molar-refractivity contribution in [1.82, 2.24) is 4.98 Å². The molecular weight excluding hydrogens is 161 g/mol. The molecule has 3 heteroatoms. The molecule has 0 saturated heterocycles. The maximum absolute atomic E-state index is 12.2. The Morgan fingerprint density at radius 2 is 1.91 bits per heavy atom. The lowest BCUT2D eigenvalue weighted by Crippen LogP contribution is -1.91. The molecule has 0 bridgehead atoms. The minimum Gasteiger partial charge on any atom is -0.260 e. The summed E-state index contributed by atoms with van der Waals surface area (Å²) in [5.74, 6) is 0. The Morgan fingerprint density at radius 3 is 2.45 bits per heavy atom. The molecule has 11 heavy (non-hydrogen) atoms. The summed E-state index contributed by atoms with van der Waals surface area (Å²) in [4.78, 5) is 4.67. The summed E-state index contributed by atoms with van der Waals surface area (Å²) < 4.78 is 12.2. The molecule has 0 unspecified atom stereocenters. The van der Waals surface area contributed by atoms with Crippen molar-refractivity contribution in [3.8, 4) is 0 Å². The second kappa shape index (κ2) is 3.22. The first-order valence-electron chi connectivity index (χ1n) is 3.38. The van der Waals surface area contributed by atoms with Gasteiger partial charge in [-0.1, -0.05) is 0 Å². The van der Waals surface area contributed by atoms with Crippen molar-refractivity contribution in [2.24, 2.45) is 0 Å². The summed E-state index contributed by atoms with van der Waals surface area (Å²) in [6, 6.07) is 0. The topological polar surface area (TPSA) is 12.9 Å². The summed E-state index contributed by atoms with van der Waals surface area (Å²) in [5, 5.41) is 0. The normalized spacial score (nSPS) is 10.2. The third-order valence-corrected chi connectivity index (χ3v) is 2.51. The first-order valence-corrected chi connectivity index (χ1v) is 4.10. The summed E-state index contributed by atoms with van der Waals surface area (Å²) in [6.45, 7) is 5.79. The minimum atomic E-state index is 0.256. The molecule has 0 N–H and O–H groups in total. The Hall–Kier alpha value is -0.570.